The lowest BCUT2D eigenvalue weighted by Crippen LogP contribution is -2.36. The Morgan fingerprint density at radius 1 is 1.30 bits per heavy atom. The minimum absolute atomic E-state index is 0.0412. The van der Waals surface area contributed by atoms with Gasteiger partial charge in [0.15, 0.2) is 18.9 Å². The molecule has 4 heteroatoms. The average Bonchev–Trinajstić information content (AvgIpc) is 2.38. The Labute approximate surface area is 118 Å². The van der Waals surface area contributed by atoms with E-state index in [4.69, 9.17) is 9.84 Å². The highest BCUT2D eigenvalue weighted by Crippen LogP contribution is 2.11. The first kappa shape index (κ1) is 14.1. The van der Waals surface area contributed by atoms with Crippen LogP contribution >= 0.6 is 0 Å². The summed E-state index contributed by atoms with van der Waals surface area (Å²) in [6, 6.07) is 11.6. The molecule has 0 bridgehead atoms. The smallest absolute Gasteiger partial charge is 0.308 e. The number of carbonyl (C=O) groups is 1. The molecule has 0 amide bonds. The fourth-order valence-electron chi connectivity index (χ4n) is 1.97. The van der Waals surface area contributed by atoms with Crippen molar-refractivity contribution in [3.63, 3.8) is 0 Å². The molecule has 0 radical (unpaired) electrons. The van der Waals surface area contributed by atoms with Crippen LogP contribution < -0.4 is 9.30 Å². The van der Waals surface area contributed by atoms with Gasteiger partial charge in [0, 0.05) is 11.6 Å². The normalized spacial score (nSPS) is 10.2. The number of carboxylic acid groups (broad SMARTS) is 1. The van der Waals surface area contributed by atoms with Gasteiger partial charge in [-0.25, -0.2) is 4.57 Å². The largest absolute Gasteiger partial charge is 0.487 e. The standard InChI is InChI=1S/C16H17NO3/c1-13-4-2-6-15(10-13)20-9-8-17-7-3-5-14(12-17)11-16(18)19/h2-7,10,12H,8-9,11H2,1H3/p+1. The van der Waals surface area contributed by atoms with Gasteiger partial charge in [0.05, 0.1) is 6.42 Å². The summed E-state index contributed by atoms with van der Waals surface area (Å²) in [4.78, 5) is 10.7. The van der Waals surface area contributed by atoms with Crippen LogP contribution in [-0.2, 0) is 17.8 Å². The third-order valence-corrected chi connectivity index (χ3v) is 2.88. The first-order valence-corrected chi connectivity index (χ1v) is 6.53. The summed E-state index contributed by atoms with van der Waals surface area (Å²) in [6.45, 7) is 3.25. The van der Waals surface area contributed by atoms with Gasteiger partial charge in [-0.15, -0.1) is 0 Å². The molecule has 0 aliphatic carbocycles. The maximum absolute atomic E-state index is 10.7. The fourth-order valence-corrected chi connectivity index (χ4v) is 1.97. The topological polar surface area (TPSA) is 50.4 Å². The highest BCUT2D eigenvalue weighted by Gasteiger charge is 2.06. The third kappa shape index (κ3) is 4.39. The molecule has 4 nitrogen and oxygen atoms in total. The molecule has 0 aliphatic heterocycles. The van der Waals surface area contributed by atoms with E-state index < -0.39 is 5.97 Å². The van der Waals surface area contributed by atoms with E-state index in [1.54, 1.807) is 0 Å². The quantitative estimate of drug-likeness (QED) is 0.818. The summed E-state index contributed by atoms with van der Waals surface area (Å²) in [5.74, 6) is 0.0334. The van der Waals surface area contributed by atoms with Gasteiger partial charge in [0.1, 0.15) is 12.4 Å². The van der Waals surface area contributed by atoms with Gasteiger partial charge in [-0.3, -0.25) is 4.79 Å². The van der Waals surface area contributed by atoms with Crippen LogP contribution in [0.5, 0.6) is 5.75 Å². The number of benzene rings is 1. The molecule has 0 saturated heterocycles. The maximum Gasteiger partial charge on any atom is 0.308 e. The monoisotopic (exact) mass is 272 g/mol. The van der Waals surface area contributed by atoms with E-state index in [0.29, 0.717) is 13.2 Å². The van der Waals surface area contributed by atoms with E-state index in [-0.39, 0.29) is 6.42 Å². The lowest BCUT2D eigenvalue weighted by molar-refractivity contribution is -0.697. The van der Waals surface area contributed by atoms with Crippen LogP contribution in [0.25, 0.3) is 0 Å². The Morgan fingerprint density at radius 3 is 2.90 bits per heavy atom. The summed E-state index contributed by atoms with van der Waals surface area (Å²) >= 11 is 0. The van der Waals surface area contributed by atoms with E-state index in [1.165, 1.54) is 5.56 Å². The number of hydrogen-bond donors (Lipinski definition) is 1. The molecule has 104 valence electrons. The Hall–Kier alpha value is -2.36. The van der Waals surface area contributed by atoms with Crippen LogP contribution in [0.3, 0.4) is 0 Å². The zero-order chi connectivity index (χ0) is 14.4. The predicted molar refractivity (Wildman–Crippen MR) is 74.7 cm³/mol. The third-order valence-electron chi connectivity index (χ3n) is 2.88. The lowest BCUT2D eigenvalue weighted by atomic mass is 10.2. The number of aryl methyl sites for hydroxylation is 1. The van der Waals surface area contributed by atoms with E-state index in [9.17, 15) is 4.79 Å². The minimum Gasteiger partial charge on any atom is -0.487 e. The van der Waals surface area contributed by atoms with E-state index >= 15 is 0 Å². The number of aliphatic carboxylic acids is 1. The molecule has 0 aliphatic rings. The number of hydrogen-bond acceptors (Lipinski definition) is 2. The van der Waals surface area contributed by atoms with Crippen LogP contribution in [0.4, 0.5) is 0 Å². The molecule has 0 spiro atoms. The van der Waals surface area contributed by atoms with Crippen molar-refractivity contribution in [2.75, 3.05) is 6.61 Å². The number of pyridine rings is 1. The Kier molecular flexibility index (Phi) is 4.71. The van der Waals surface area contributed by atoms with Crippen LogP contribution in [0.1, 0.15) is 11.1 Å². The predicted octanol–water partition coefficient (Wildman–Crippen LogP) is 1.99. The van der Waals surface area contributed by atoms with Crippen molar-refractivity contribution in [1.29, 1.82) is 0 Å². The van der Waals surface area contributed by atoms with Crippen LogP contribution in [0, 0.1) is 6.92 Å². The molecule has 1 aromatic heterocycles. The molecular formula is C16H18NO3+. The molecule has 1 N–H and O–H groups in total. The number of nitrogens with zero attached hydrogens (tertiary/aromatic N) is 1. The number of ether oxygens (including phenoxy) is 1. The second-order valence-corrected chi connectivity index (χ2v) is 4.69. The summed E-state index contributed by atoms with van der Waals surface area (Å²) in [6.07, 6.45) is 3.79. The van der Waals surface area contributed by atoms with Crippen molar-refractivity contribution >= 4 is 5.97 Å². The minimum atomic E-state index is -0.821. The summed E-state index contributed by atoms with van der Waals surface area (Å²) in [5, 5.41) is 8.77. The molecule has 20 heavy (non-hydrogen) atoms. The Balaban J connectivity index is 1.89. The summed E-state index contributed by atoms with van der Waals surface area (Å²) in [5.41, 5.74) is 1.95. The summed E-state index contributed by atoms with van der Waals surface area (Å²) in [7, 11) is 0. The van der Waals surface area contributed by atoms with Gasteiger partial charge in [0.2, 0.25) is 0 Å². The molecule has 1 heterocycles. The Morgan fingerprint density at radius 2 is 2.15 bits per heavy atom. The lowest BCUT2D eigenvalue weighted by Gasteiger charge is -2.05. The average molecular weight is 272 g/mol. The van der Waals surface area contributed by atoms with Gasteiger partial charge in [-0.1, -0.05) is 12.1 Å². The summed E-state index contributed by atoms with van der Waals surface area (Å²) < 4.78 is 7.61. The van der Waals surface area contributed by atoms with Crippen molar-refractivity contribution in [2.45, 2.75) is 19.9 Å². The number of aromatic nitrogens is 1. The van der Waals surface area contributed by atoms with Crippen molar-refractivity contribution in [3.8, 4) is 5.75 Å². The molecule has 1 aromatic carbocycles. The highest BCUT2D eigenvalue weighted by molar-refractivity contribution is 5.69. The van der Waals surface area contributed by atoms with Crippen molar-refractivity contribution in [2.24, 2.45) is 0 Å². The molecular weight excluding hydrogens is 254 g/mol. The highest BCUT2D eigenvalue weighted by atomic mass is 16.5. The van der Waals surface area contributed by atoms with E-state index in [1.807, 2.05) is 60.3 Å². The van der Waals surface area contributed by atoms with E-state index in [2.05, 4.69) is 0 Å². The zero-order valence-corrected chi connectivity index (χ0v) is 11.5. The zero-order valence-electron chi connectivity index (χ0n) is 11.5. The van der Waals surface area contributed by atoms with Crippen LogP contribution in [-0.4, -0.2) is 17.7 Å². The number of rotatable bonds is 6. The van der Waals surface area contributed by atoms with Gasteiger partial charge < -0.3 is 9.84 Å². The van der Waals surface area contributed by atoms with E-state index in [0.717, 1.165) is 11.3 Å². The molecule has 0 atom stereocenters. The van der Waals surface area contributed by atoms with Crippen LogP contribution in [0.2, 0.25) is 0 Å². The van der Waals surface area contributed by atoms with Crippen molar-refractivity contribution < 1.29 is 19.2 Å². The second kappa shape index (κ2) is 6.70. The molecule has 0 saturated carbocycles. The SMILES string of the molecule is Cc1cccc(OCC[n+]2cccc(CC(=O)O)c2)c1. The van der Waals surface area contributed by atoms with Gasteiger partial charge in [-0.05, 0) is 30.7 Å². The van der Waals surface area contributed by atoms with Gasteiger partial charge in [0.25, 0.3) is 0 Å². The first-order valence-electron chi connectivity index (χ1n) is 6.53. The molecule has 2 rings (SSSR count). The molecule has 2 aromatic rings. The fraction of sp³-hybridized carbons (Fsp3) is 0.250. The van der Waals surface area contributed by atoms with Crippen molar-refractivity contribution in [1.82, 2.24) is 0 Å². The van der Waals surface area contributed by atoms with Crippen LogP contribution in [0.15, 0.2) is 48.8 Å². The second-order valence-electron chi connectivity index (χ2n) is 4.69. The molecule has 0 unspecified atom stereocenters. The number of carboxylic acids is 1. The first-order chi connectivity index (χ1) is 9.63. The van der Waals surface area contributed by atoms with Gasteiger partial charge >= 0.3 is 5.97 Å². The maximum atomic E-state index is 10.7. The Bertz CT molecular complexity index is 596. The molecule has 0 fully saturated rings. The van der Waals surface area contributed by atoms with Gasteiger partial charge in [-0.2, -0.15) is 0 Å². The van der Waals surface area contributed by atoms with Crippen molar-refractivity contribution in [3.05, 3.63) is 59.9 Å².